The van der Waals surface area contributed by atoms with Crippen molar-refractivity contribution < 1.29 is 9.53 Å². The molecule has 0 saturated carbocycles. The second-order valence-electron chi connectivity index (χ2n) is 4.49. The Labute approximate surface area is 109 Å². The van der Waals surface area contributed by atoms with Crippen molar-refractivity contribution in [2.75, 3.05) is 0 Å². The quantitative estimate of drug-likeness (QED) is 0.343. The Kier molecular flexibility index (Phi) is 5.37. The minimum atomic E-state index is -0.279. The molecule has 0 N–H and O–H groups in total. The maximum absolute atomic E-state index is 11.9. The average Bonchev–Trinajstić information content (AvgIpc) is 2.32. The monoisotopic (exact) mass is 244 g/mol. The molecule has 1 aromatic rings. The van der Waals surface area contributed by atoms with Gasteiger partial charge in [-0.15, -0.1) is 0 Å². The summed E-state index contributed by atoms with van der Waals surface area (Å²) in [6, 6.07) is 7.46. The van der Waals surface area contributed by atoms with Crippen molar-refractivity contribution in [1.29, 1.82) is 0 Å². The molecule has 0 bridgehead atoms. The number of benzene rings is 1. The first-order chi connectivity index (χ1) is 8.52. The molecule has 0 aliphatic heterocycles. The van der Waals surface area contributed by atoms with Crippen LogP contribution in [0.5, 0.6) is 5.75 Å². The van der Waals surface area contributed by atoms with Crippen molar-refractivity contribution in [1.82, 2.24) is 0 Å². The van der Waals surface area contributed by atoms with Crippen molar-refractivity contribution in [3.8, 4) is 5.75 Å². The average molecular weight is 244 g/mol. The van der Waals surface area contributed by atoms with E-state index in [1.807, 2.05) is 52.0 Å². The van der Waals surface area contributed by atoms with Gasteiger partial charge in [0.05, 0.1) is 0 Å². The molecule has 0 heterocycles. The third-order valence-corrected chi connectivity index (χ3v) is 2.49. The standard InChI is InChI=1S/C16H20O2/c1-5-14(9-6-12(2)3)16(17)18-15-10-7-13(4)8-11-15/h6-11H,5H2,1-4H3/b14-9+. The molecule has 0 aliphatic rings. The first-order valence-corrected chi connectivity index (χ1v) is 6.16. The number of allylic oxidation sites excluding steroid dienone is 3. The number of carbonyl (C=O) groups is 1. The maximum Gasteiger partial charge on any atom is 0.339 e. The smallest absolute Gasteiger partial charge is 0.339 e. The van der Waals surface area contributed by atoms with Crippen LogP contribution >= 0.6 is 0 Å². The fraction of sp³-hybridized carbons (Fsp3) is 0.312. The number of hydrogen-bond donors (Lipinski definition) is 0. The fourth-order valence-corrected chi connectivity index (χ4v) is 1.38. The predicted octanol–water partition coefficient (Wildman–Crippen LogP) is 4.20. The Bertz CT molecular complexity index is 460. The van der Waals surface area contributed by atoms with Crippen LogP contribution in [0.3, 0.4) is 0 Å². The van der Waals surface area contributed by atoms with Crippen molar-refractivity contribution in [3.63, 3.8) is 0 Å². The van der Waals surface area contributed by atoms with Gasteiger partial charge in [-0.2, -0.15) is 0 Å². The van der Waals surface area contributed by atoms with Gasteiger partial charge >= 0.3 is 5.97 Å². The van der Waals surface area contributed by atoms with E-state index in [1.54, 1.807) is 12.1 Å². The highest BCUT2D eigenvalue weighted by Gasteiger charge is 2.09. The van der Waals surface area contributed by atoms with Crippen LogP contribution in [0.1, 0.15) is 32.8 Å². The summed E-state index contributed by atoms with van der Waals surface area (Å²) < 4.78 is 5.32. The molecule has 0 unspecified atom stereocenters. The van der Waals surface area contributed by atoms with Crippen LogP contribution in [-0.2, 0) is 4.79 Å². The van der Waals surface area contributed by atoms with Crippen LogP contribution in [0.4, 0.5) is 0 Å². The lowest BCUT2D eigenvalue weighted by Gasteiger charge is -2.06. The molecule has 96 valence electrons. The van der Waals surface area contributed by atoms with E-state index < -0.39 is 0 Å². The Morgan fingerprint density at radius 2 is 1.78 bits per heavy atom. The summed E-state index contributed by atoms with van der Waals surface area (Å²) in [5, 5.41) is 0. The molecule has 0 radical (unpaired) electrons. The number of esters is 1. The molecular weight excluding hydrogens is 224 g/mol. The van der Waals surface area contributed by atoms with Gasteiger partial charge in [-0.25, -0.2) is 4.79 Å². The van der Waals surface area contributed by atoms with Crippen LogP contribution < -0.4 is 4.74 Å². The van der Waals surface area contributed by atoms with Gasteiger partial charge in [0.25, 0.3) is 0 Å². The summed E-state index contributed by atoms with van der Waals surface area (Å²) in [5.41, 5.74) is 2.98. The van der Waals surface area contributed by atoms with E-state index in [0.29, 0.717) is 17.7 Å². The van der Waals surface area contributed by atoms with Crippen molar-refractivity contribution >= 4 is 5.97 Å². The minimum Gasteiger partial charge on any atom is -0.423 e. The van der Waals surface area contributed by atoms with Gasteiger partial charge in [0.2, 0.25) is 0 Å². The van der Waals surface area contributed by atoms with Gasteiger partial charge < -0.3 is 4.74 Å². The van der Waals surface area contributed by atoms with Gasteiger partial charge in [0.15, 0.2) is 0 Å². The zero-order valence-electron chi connectivity index (χ0n) is 11.5. The zero-order valence-corrected chi connectivity index (χ0v) is 11.5. The largest absolute Gasteiger partial charge is 0.423 e. The highest BCUT2D eigenvalue weighted by atomic mass is 16.5. The van der Waals surface area contributed by atoms with Crippen molar-refractivity contribution in [2.24, 2.45) is 0 Å². The molecule has 2 nitrogen and oxygen atoms in total. The number of aryl methyl sites for hydroxylation is 1. The summed E-state index contributed by atoms with van der Waals surface area (Å²) in [4.78, 5) is 11.9. The number of ether oxygens (including phenoxy) is 1. The zero-order chi connectivity index (χ0) is 13.5. The first-order valence-electron chi connectivity index (χ1n) is 6.16. The lowest BCUT2D eigenvalue weighted by atomic mass is 10.1. The van der Waals surface area contributed by atoms with Crippen LogP contribution in [0.15, 0.2) is 47.6 Å². The van der Waals surface area contributed by atoms with Crippen LogP contribution in [0, 0.1) is 6.92 Å². The second kappa shape index (κ2) is 6.80. The highest BCUT2D eigenvalue weighted by molar-refractivity contribution is 5.90. The Morgan fingerprint density at radius 1 is 1.17 bits per heavy atom. The van der Waals surface area contributed by atoms with E-state index in [1.165, 1.54) is 0 Å². The normalized spacial score (nSPS) is 11.0. The van der Waals surface area contributed by atoms with Crippen LogP contribution in [0.2, 0.25) is 0 Å². The summed E-state index contributed by atoms with van der Waals surface area (Å²) in [6.07, 6.45) is 4.41. The fourth-order valence-electron chi connectivity index (χ4n) is 1.38. The molecule has 1 rings (SSSR count). The molecule has 0 spiro atoms. The predicted molar refractivity (Wildman–Crippen MR) is 74.6 cm³/mol. The van der Waals surface area contributed by atoms with E-state index in [0.717, 1.165) is 11.1 Å². The molecule has 0 aliphatic carbocycles. The van der Waals surface area contributed by atoms with Crippen LogP contribution in [-0.4, -0.2) is 5.97 Å². The SMILES string of the molecule is CC/C(=C\C=C(C)C)C(=O)Oc1ccc(C)cc1. The summed E-state index contributed by atoms with van der Waals surface area (Å²) in [5.74, 6) is 0.306. The topological polar surface area (TPSA) is 26.3 Å². The third-order valence-electron chi connectivity index (χ3n) is 2.49. The molecule has 0 saturated heterocycles. The minimum absolute atomic E-state index is 0.279. The summed E-state index contributed by atoms with van der Waals surface area (Å²) >= 11 is 0. The van der Waals surface area contributed by atoms with E-state index in [2.05, 4.69) is 0 Å². The molecular formula is C16H20O2. The van der Waals surface area contributed by atoms with Crippen molar-refractivity contribution in [3.05, 3.63) is 53.1 Å². The molecule has 0 aromatic heterocycles. The maximum atomic E-state index is 11.9. The van der Waals surface area contributed by atoms with Crippen molar-refractivity contribution in [2.45, 2.75) is 34.1 Å². The molecule has 0 atom stereocenters. The van der Waals surface area contributed by atoms with E-state index >= 15 is 0 Å². The van der Waals surface area contributed by atoms with Gasteiger partial charge in [-0.1, -0.05) is 42.3 Å². The van der Waals surface area contributed by atoms with E-state index in [4.69, 9.17) is 4.74 Å². The van der Waals surface area contributed by atoms with E-state index in [-0.39, 0.29) is 5.97 Å². The summed E-state index contributed by atoms with van der Waals surface area (Å²) in [7, 11) is 0. The molecule has 0 amide bonds. The Morgan fingerprint density at radius 3 is 2.28 bits per heavy atom. The Hall–Kier alpha value is -1.83. The molecule has 18 heavy (non-hydrogen) atoms. The Balaban J connectivity index is 2.77. The number of hydrogen-bond acceptors (Lipinski definition) is 2. The lowest BCUT2D eigenvalue weighted by Crippen LogP contribution is -2.10. The molecule has 0 fully saturated rings. The van der Waals surface area contributed by atoms with E-state index in [9.17, 15) is 4.79 Å². The first kappa shape index (κ1) is 14.2. The van der Waals surface area contributed by atoms with Gasteiger partial charge in [-0.05, 0) is 39.3 Å². The van der Waals surface area contributed by atoms with Crippen LogP contribution in [0.25, 0.3) is 0 Å². The highest BCUT2D eigenvalue weighted by Crippen LogP contribution is 2.14. The lowest BCUT2D eigenvalue weighted by molar-refractivity contribution is -0.130. The molecule has 1 aromatic carbocycles. The van der Waals surface area contributed by atoms with Gasteiger partial charge in [0, 0.05) is 5.57 Å². The second-order valence-corrected chi connectivity index (χ2v) is 4.49. The van der Waals surface area contributed by atoms with Gasteiger partial charge in [0.1, 0.15) is 5.75 Å². The molecule has 2 heteroatoms. The summed E-state index contributed by atoms with van der Waals surface area (Å²) in [6.45, 7) is 7.93. The number of carbonyl (C=O) groups excluding carboxylic acids is 1. The third kappa shape index (κ3) is 4.58. The number of rotatable bonds is 4. The van der Waals surface area contributed by atoms with Gasteiger partial charge in [-0.3, -0.25) is 0 Å².